The van der Waals surface area contributed by atoms with Crippen molar-refractivity contribution in [3.8, 4) is 6.07 Å². The molecule has 3 heteroatoms. The first-order valence-electron chi connectivity index (χ1n) is 5.15. The van der Waals surface area contributed by atoms with Gasteiger partial charge in [-0.1, -0.05) is 24.8 Å². The summed E-state index contributed by atoms with van der Waals surface area (Å²) in [6.45, 7) is 3.70. The van der Waals surface area contributed by atoms with Crippen molar-refractivity contribution in [2.45, 2.75) is 19.3 Å². The molecule has 1 aromatic carbocycles. The van der Waals surface area contributed by atoms with Crippen LogP contribution in [0.15, 0.2) is 42.5 Å². The molecule has 0 saturated heterocycles. The Kier molecular flexibility index (Phi) is 4.81. The molecule has 1 rings (SSSR count). The molecule has 0 aliphatic heterocycles. The van der Waals surface area contributed by atoms with E-state index < -0.39 is 0 Å². The van der Waals surface area contributed by atoms with E-state index in [0.717, 1.165) is 5.69 Å². The van der Waals surface area contributed by atoms with Crippen LogP contribution in [-0.2, 0) is 4.79 Å². The molecule has 1 aromatic rings. The molecule has 0 atom stereocenters. The summed E-state index contributed by atoms with van der Waals surface area (Å²) < 4.78 is 0. The minimum Gasteiger partial charge on any atom is -0.322 e. The largest absolute Gasteiger partial charge is 0.322 e. The Hall–Kier alpha value is -2.08. The summed E-state index contributed by atoms with van der Waals surface area (Å²) >= 11 is 0. The highest BCUT2D eigenvalue weighted by Crippen LogP contribution is 2.10. The monoisotopic (exact) mass is 214 g/mol. The number of benzene rings is 1. The highest BCUT2D eigenvalue weighted by atomic mass is 16.1. The fourth-order valence-electron chi connectivity index (χ4n) is 1.24. The van der Waals surface area contributed by atoms with Crippen LogP contribution in [0.25, 0.3) is 0 Å². The lowest BCUT2D eigenvalue weighted by Crippen LogP contribution is -2.13. The summed E-state index contributed by atoms with van der Waals surface area (Å²) in [6, 6.07) is 11.3. The highest BCUT2D eigenvalue weighted by Gasteiger charge is 2.06. The van der Waals surface area contributed by atoms with Gasteiger partial charge in [0.25, 0.3) is 5.91 Å². The number of para-hydroxylation sites is 1. The summed E-state index contributed by atoms with van der Waals surface area (Å²) in [6.07, 6.45) is 1.70. The normalized spacial score (nSPS) is 9.19. The molecule has 0 fully saturated rings. The Balaban J connectivity index is 2.41. The van der Waals surface area contributed by atoms with Crippen LogP contribution in [0, 0.1) is 11.3 Å². The van der Waals surface area contributed by atoms with Crippen molar-refractivity contribution in [1.82, 2.24) is 0 Å². The number of nitrogens with zero attached hydrogens (tertiary/aromatic N) is 1. The van der Waals surface area contributed by atoms with Crippen LogP contribution >= 0.6 is 0 Å². The average Bonchev–Trinajstić information content (AvgIpc) is 2.30. The van der Waals surface area contributed by atoms with Gasteiger partial charge in [0.2, 0.25) is 0 Å². The fourth-order valence-corrected chi connectivity index (χ4v) is 1.24. The Bertz CT molecular complexity index is 404. The van der Waals surface area contributed by atoms with Crippen molar-refractivity contribution in [3.63, 3.8) is 0 Å². The Labute approximate surface area is 95.4 Å². The molecule has 0 aliphatic carbocycles. The van der Waals surface area contributed by atoms with Crippen LogP contribution in [0.2, 0.25) is 0 Å². The maximum absolute atomic E-state index is 11.6. The zero-order valence-electron chi connectivity index (χ0n) is 9.07. The number of rotatable bonds is 5. The van der Waals surface area contributed by atoms with Gasteiger partial charge >= 0.3 is 0 Å². The molecule has 82 valence electrons. The summed E-state index contributed by atoms with van der Waals surface area (Å²) in [4.78, 5) is 11.6. The first-order chi connectivity index (χ1) is 7.74. The minimum absolute atomic E-state index is 0.177. The van der Waals surface area contributed by atoms with E-state index in [4.69, 9.17) is 5.26 Å². The molecular weight excluding hydrogens is 200 g/mol. The number of hydrogen-bond donors (Lipinski definition) is 1. The zero-order valence-corrected chi connectivity index (χ0v) is 9.07. The van der Waals surface area contributed by atoms with E-state index in [0.29, 0.717) is 24.8 Å². The second-order valence-corrected chi connectivity index (χ2v) is 3.44. The molecule has 0 bridgehead atoms. The lowest BCUT2D eigenvalue weighted by molar-refractivity contribution is -0.113. The third-order valence-electron chi connectivity index (χ3n) is 2.12. The summed E-state index contributed by atoms with van der Waals surface area (Å²) in [7, 11) is 0. The van der Waals surface area contributed by atoms with Crippen LogP contribution in [0.4, 0.5) is 5.69 Å². The lowest BCUT2D eigenvalue weighted by atomic mass is 10.1. The van der Waals surface area contributed by atoms with Crippen molar-refractivity contribution in [3.05, 3.63) is 42.5 Å². The maximum atomic E-state index is 11.6. The van der Waals surface area contributed by atoms with E-state index in [2.05, 4.69) is 11.9 Å². The van der Waals surface area contributed by atoms with E-state index in [9.17, 15) is 4.79 Å². The van der Waals surface area contributed by atoms with E-state index >= 15 is 0 Å². The molecule has 0 radical (unpaired) electrons. The molecule has 0 saturated carbocycles. The quantitative estimate of drug-likeness (QED) is 0.605. The van der Waals surface area contributed by atoms with Crippen LogP contribution in [0.1, 0.15) is 19.3 Å². The van der Waals surface area contributed by atoms with Crippen molar-refractivity contribution in [2.24, 2.45) is 0 Å². The van der Waals surface area contributed by atoms with Crippen molar-refractivity contribution in [1.29, 1.82) is 5.26 Å². The van der Waals surface area contributed by atoms with Gasteiger partial charge in [0, 0.05) is 17.7 Å². The predicted molar refractivity (Wildman–Crippen MR) is 63.7 cm³/mol. The molecule has 0 aromatic heterocycles. The fraction of sp³-hybridized carbons (Fsp3) is 0.231. The Morgan fingerprint density at radius 1 is 1.38 bits per heavy atom. The van der Waals surface area contributed by atoms with E-state index in [1.54, 1.807) is 0 Å². The van der Waals surface area contributed by atoms with Crippen LogP contribution < -0.4 is 5.32 Å². The highest BCUT2D eigenvalue weighted by molar-refractivity contribution is 6.03. The zero-order chi connectivity index (χ0) is 11.8. The number of nitriles is 1. The number of amides is 1. The van der Waals surface area contributed by atoms with Gasteiger partial charge in [0.05, 0.1) is 6.07 Å². The standard InChI is InChI=1S/C13H14N2O/c1-11(7-5-6-10-14)13(16)15-12-8-3-2-4-9-12/h2-4,8-9H,1,5-7H2,(H,15,16). The van der Waals surface area contributed by atoms with Gasteiger partial charge in [-0.3, -0.25) is 4.79 Å². The molecule has 1 N–H and O–H groups in total. The predicted octanol–water partition coefficient (Wildman–Crippen LogP) is 2.88. The van der Waals surface area contributed by atoms with Gasteiger partial charge < -0.3 is 5.32 Å². The molecule has 16 heavy (non-hydrogen) atoms. The average molecular weight is 214 g/mol. The maximum Gasteiger partial charge on any atom is 0.250 e. The summed E-state index contributed by atoms with van der Waals surface area (Å²) in [5.74, 6) is -0.177. The molecule has 0 spiro atoms. The first-order valence-corrected chi connectivity index (χ1v) is 5.15. The van der Waals surface area contributed by atoms with Gasteiger partial charge in [-0.2, -0.15) is 5.26 Å². The smallest absolute Gasteiger partial charge is 0.250 e. The number of unbranched alkanes of at least 4 members (excludes halogenated alkanes) is 1. The van der Waals surface area contributed by atoms with Gasteiger partial charge in [-0.05, 0) is 25.0 Å². The van der Waals surface area contributed by atoms with Crippen molar-refractivity contribution < 1.29 is 4.79 Å². The molecule has 0 heterocycles. The van der Waals surface area contributed by atoms with Crippen LogP contribution in [0.5, 0.6) is 0 Å². The first kappa shape index (κ1) is 12.0. The number of carbonyl (C=O) groups is 1. The van der Waals surface area contributed by atoms with Gasteiger partial charge in [-0.25, -0.2) is 0 Å². The molecule has 1 amide bonds. The number of carbonyl (C=O) groups excluding carboxylic acids is 1. The van der Waals surface area contributed by atoms with Crippen molar-refractivity contribution in [2.75, 3.05) is 5.32 Å². The van der Waals surface area contributed by atoms with Gasteiger partial charge in [0.1, 0.15) is 0 Å². The Morgan fingerprint density at radius 3 is 2.69 bits per heavy atom. The summed E-state index contributed by atoms with van der Waals surface area (Å²) in [5.41, 5.74) is 1.27. The molecule has 0 unspecified atom stereocenters. The third kappa shape index (κ3) is 3.97. The SMILES string of the molecule is C=C(CCCC#N)C(=O)Nc1ccccc1. The van der Waals surface area contributed by atoms with Crippen molar-refractivity contribution >= 4 is 11.6 Å². The second-order valence-electron chi connectivity index (χ2n) is 3.44. The molecular formula is C13H14N2O. The lowest BCUT2D eigenvalue weighted by Gasteiger charge is -2.06. The third-order valence-corrected chi connectivity index (χ3v) is 2.12. The van der Waals surface area contributed by atoms with Crippen LogP contribution in [-0.4, -0.2) is 5.91 Å². The number of hydrogen-bond acceptors (Lipinski definition) is 2. The topological polar surface area (TPSA) is 52.9 Å². The van der Waals surface area contributed by atoms with E-state index in [1.807, 2.05) is 36.4 Å². The van der Waals surface area contributed by atoms with E-state index in [-0.39, 0.29) is 5.91 Å². The van der Waals surface area contributed by atoms with E-state index in [1.165, 1.54) is 0 Å². The van der Waals surface area contributed by atoms with Gasteiger partial charge in [-0.15, -0.1) is 0 Å². The number of anilines is 1. The molecule has 3 nitrogen and oxygen atoms in total. The van der Waals surface area contributed by atoms with Crippen LogP contribution in [0.3, 0.4) is 0 Å². The Morgan fingerprint density at radius 2 is 2.06 bits per heavy atom. The molecule has 0 aliphatic rings. The number of nitrogens with one attached hydrogen (secondary N) is 1. The summed E-state index contributed by atoms with van der Waals surface area (Å²) in [5, 5.41) is 11.1. The van der Waals surface area contributed by atoms with Gasteiger partial charge in [0.15, 0.2) is 0 Å². The minimum atomic E-state index is -0.177. The second kappa shape index (κ2) is 6.41.